The summed E-state index contributed by atoms with van der Waals surface area (Å²) in [5.74, 6) is 0.462. The molecule has 2 N–H and O–H groups in total. The Morgan fingerprint density at radius 1 is 1.11 bits per heavy atom. The van der Waals surface area contributed by atoms with Crippen molar-refractivity contribution in [2.75, 3.05) is 12.4 Å². The molecule has 0 fully saturated rings. The van der Waals surface area contributed by atoms with Gasteiger partial charge in [-0.15, -0.1) is 0 Å². The van der Waals surface area contributed by atoms with Crippen LogP contribution in [0, 0.1) is 11.3 Å². The van der Waals surface area contributed by atoms with E-state index in [0.29, 0.717) is 17.8 Å². The van der Waals surface area contributed by atoms with Gasteiger partial charge in [0.2, 0.25) is 0 Å². The van der Waals surface area contributed by atoms with Crippen molar-refractivity contribution in [3.8, 4) is 11.8 Å². The normalized spacial score (nSPS) is 9.93. The van der Waals surface area contributed by atoms with Crippen LogP contribution in [0.4, 0.5) is 11.4 Å². The third-order valence-corrected chi connectivity index (χ3v) is 3.91. The van der Waals surface area contributed by atoms with Crippen LogP contribution in [-0.4, -0.2) is 18.0 Å². The van der Waals surface area contributed by atoms with E-state index in [1.165, 1.54) is 0 Å². The van der Waals surface area contributed by atoms with E-state index in [0.717, 1.165) is 22.7 Å². The number of methoxy groups -OCH3 is 1. The summed E-state index contributed by atoms with van der Waals surface area (Å²) in [5, 5.41) is 14.9. The van der Waals surface area contributed by atoms with Gasteiger partial charge in [-0.2, -0.15) is 5.26 Å². The van der Waals surface area contributed by atoms with Crippen LogP contribution in [-0.2, 0) is 6.54 Å². The van der Waals surface area contributed by atoms with E-state index in [4.69, 9.17) is 10.00 Å². The van der Waals surface area contributed by atoms with E-state index in [2.05, 4.69) is 21.7 Å². The van der Waals surface area contributed by atoms with E-state index in [-0.39, 0.29) is 5.91 Å². The molecule has 0 aliphatic heterocycles. The lowest BCUT2D eigenvalue weighted by Crippen LogP contribution is -2.24. The van der Waals surface area contributed by atoms with Crippen LogP contribution in [0.25, 0.3) is 0 Å². The van der Waals surface area contributed by atoms with Crippen LogP contribution in [0.2, 0.25) is 0 Å². The first-order chi connectivity index (χ1) is 13.2. The molecule has 3 aromatic rings. The molecule has 0 aliphatic rings. The number of aromatic nitrogens is 1. The van der Waals surface area contributed by atoms with Gasteiger partial charge in [-0.05, 0) is 36.4 Å². The molecule has 0 bridgehead atoms. The lowest BCUT2D eigenvalue weighted by atomic mass is 10.2. The Labute approximate surface area is 157 Å². The zero-order chi connectivity index (χ0) is 19.1. The maximum Gasteiger partial charge on any atom is 0.270 e. The van der Waals surface area contributed by atoms with Crippen LogP contribution in [0.3, 0.4) is 0 Å². The Hall–Kier alpha value is -3.85. The number of rotatable bonds is 6. The van der Waals surface area contributed by atoms with E-state index in [1.807, 2.05) is 30.3 Å². The average molecular weight is 358 g/mol. The first-order valence-corrected chi connectivity index (χ1v) is 8.33. The van der Waals surface area contributed by atoms with Gasteiger partial charge in [0, 0.05) is 17.8 Å². The lowest BCUT2D eigenvalue weighted by Gasteiger charge is -2.10. The minimum Gasteiger partial charge on any atom is -0.496 e. The third kappa shape index (κ3) is 4.61. The van der Waals surface area contributed by atoms with Crippen LogP contribution in [0.1, 0.15) is 21.6 Å². The first kappa shape index (κ1) is 18.0. The Kier molecular flexibility index (Phi) is 5.65. The SMILES string of the molecule is COc1ccccc1CNC(=O)c1ccc(Nc2cccc(C#N)c2)cn1. The average Bonchev–Trinajstić information content (AvgIpc) is 2.73. The number of pyridine rings is 1. The van der Waals surface area contributed by atoms with E-state index >= 15 is 0 Å². The molecule has 1 amide bonds. The standard InChI is InChI=1S/C21H18N4O2/c1-27-20-8-3-2-6-16(20)13-24-21(26)19-10-9-18(14-23-19)25-17-7-4-5-15(11-17)12-22/h2-11,14,25H,13H2,1H3,(H,24,26). The predicted molar refractivity (Wildman–Crippen MR) is 103 cm³/mol. The van der Waals surface area contributed by atoms with Crippen molar-refractivity contribution in [3.63, 3.8) is 0 Å². The maximum absolute atomic E-state index is 12.3. The summed E-state index contributed by atoms with van der Waals surface area (Å²) in [7, 11) is 1.60. The number of hydrogen-bond donors (Lipinski definition) is 2. The Bertz CT molecular complexity index is 978. The monoisotopic (exact) mass is 358 g/mol. The fourth-order valence-electron chi connectivity index (χ4n) is 2.55. The van der Waals surface area contributed by atoms with Gasteiger partial charge in [-0.3, -0.25) is 4.79 Å². The Balaban J connectivity index is 1.62. The summed E-state index contributed by atoms with van der Waals surface area (Å²) in [4.78, 5) is 16.5. The van der Waals surface area contributed by atoms with Gasteiger partial charge in [-0.25, -0.2) is 4.98 Å². The number of nitrogens with one attached hydrogen (secondary N) is 2. The van der Waals surface area contributed by atoms with Gasteiger partial charge in [0.05, 0.1) is 30.6 Å². The molecule has 0 radical (unpaired) electrons. The number of anilines is 2. The number of benzene rings is 2. The van der Waals surface area contributed by atoms with Gasteiger partial charge in [0.25, 0.3) is 5.91 Å². The third-order valence-electron chi connectivity index (χ3n) is 3.91. The number of carbonyl (C=O) groups is 1. The zero-order valence-corrected chi connectivity index (χ0v) is 14.8. The van der Waals surface area contributed by atoms with Crippen molar-refractivity contribution in [2.45, 2.75) is 6.54 Å². The topological polar surface area (TPSA) is 87.0 Å². The van der Waals surface area contributed by atoms with Gasteiger partial charge < -0.3 is 15.4 Å². The molecule has 1 heterocycles. The van der Waals surface area contributed by atoms with Crippen LogP contribution in [0.5, 0.6) is 5.75 Å². The molecule has 134 valence electrons. The van der Waals surface area contributed by atoms with Gasteiger partial charge >= 0.3 is 0 Å². The number of amides is 1. The predicted octanol–water partition coefficient (Wildman–Crippen LogP) is 3.64. The van der Waals surface area contributed by atoms with E-state index in [9.17, 15) is 4.79 Å². The van der Waals surface area contributed by atoms with E-state index < -0.39 is 0 Å². The quantitative estimate of drug-likeness (QED) is 0.702. The summed E-state index contributed by atoms with van der Waals surface area (Å²) < 4.78 is 5.28. The molecule has 0 aliphatic carbocycles. The molecule has 0 unspecified atom stereocenters. The van der Waals surface area contributed by atoms with Crippen LogP contribution in [0.15, 0.2) is 66.9 Å². The lowest BCUT2D eigenvalue weighted by molar-refractivity contribution is 0.0945. The molecule has 27 heavy (non-hydrogen) atoms. The van der Waals surface area contributed by atoms with Gasteiger partial charge in [0.15, 0.2) is 0 Å². The Morgan fingerprint density at radius 2 is 1.96 bits per heavy atom. The van der Waals surface area contributed by atoms with Crippen molar-refractivity contribution in [1.29, 1.82) is 5.26 Å². The summed E-state index contributed by atoms with van der Waals surface area (Å²) in [5.41, 5.74) is 3.29. The number of ether oxygens (including phenoxy) is 1. The van der Waals surface area contributed by atoms with Crippen LogP contribution < -0.4 is 15.4 Å². The molecule has 0 atom stereocenters. The van der Waals surface area contributed by atoms with Crippen molar-refractivity contribution < 1.29 is 9.53 Å². The summed E-state index contributed by atoms with van der Waals surface area (Å²) in [6.45, 7) is 0.353. The molecule has 0 saturated heterocycles. The number of nitriles is 1. The molecule has 6 nitrogen and oxygen atoms in total. The van der Waals surface area contributed by atoms with E-state index in [1.54, 1.807) is 43.6 Å². The fourth-order valence-corrected chi connectivity index (χ4v) is 2.55. The molecular weight excluding hydrogens is 340 g/mol. The summed E-state index contributed by atoms with van der Waals surface area (Å²) >= 11 is 0. The molecule has 3 rings (SSSR count). The number of carbonyl (C=O) groups excluding carboxylic acids is 1. The smallest absolute Gasteiger partial charge is 0.270 e. The molecule has 1 aromatic heterocycles. The molecular formula is C21H18N4O2. The fraction of sp³-hybridized carbons (Fsp3) is 0.0952. The van der Waals surface area contributed by atoms with Crippen molar-refractivity contribution in [1.82, 2.24) is 10.3 Å². The highest BCUT2D eigenvalue weighted by molar-refractivity contribution is 5.92. The Morgan fingerprint density at radius 3 is 2.70 bits per heavy atom. The zero-order valence-electron chi connectivity index (χ0n) is 14.8. The molecule has 0 saturated carbocycles. The number of para-hydroxylation sites is 1. The molecule has 0 spiro atoms. The maximum atomic E-state index is 12.3. The van der Waals surface area contributed by atoms with Crippen molar-refractivity contribution in [2.24, 2.45) is 0 Å². The van der Waals surface area contributed by atoms with Crippen LogP contribution >= 0.6 is 0 Å². The van der Waals surface area contributed by atoms with Crippen molar-refractivity contribution >= 4 is 17.3 Å². The molecule has 2 aromatic carbocycles. The molecule has 6 heteroatoms. The minimum absolute atomic E-state index is 0.265. The van der Waals surface area contributed by atoms with Crippen molar-refractivity contribution in [3.05, 3.63) is 83.7 Å². The second-order valence-electron chi connectivity index (χ2n) is 5.74. The second kappa shape index (κ2) is 8.50. The van der Waals surface area contributed by atoms with Gasteiger partial charge in [-0.1, -0.05) is 24.3 Å². The highest BCUT2D eigenvalue weighted by Gasteiger charge is 2.09. The highest BCUT2D eigenvalue weighted by Crippen LogP contribution is 2.18. The van der Waals surface area contributed by atoms with Gasteiger partial charge in [0.1, 0.15) is 11.4 Å². The number of nitrogens with zero attached hydrogens (tertiary/aromatic N) is 2. The number of hydrogen-bond acceptors (Lipinski definition) is 5. The highest BCUT2D eigenvalue weighted by atomic mass is 16.5. The first-order valence-electron chi connectivity index (χ1n) is 8.33. The largest absolute Gasteiger partial charge is 0.496 e. The summed E-state index contributed by atoms with van der Waals surface area (Å²) in [6.07, 6.45) is 1.58. The minimum atomic E-state index is -0.265. The summed E-state index contributed by atoms with van der Waals surface area (Å²) in [6, 6.07) is 20.2. The second-order valence-corrected chi connectivity index (χ2v) is 5.74.